The first kappa shape index (κ1) is 13.4. The number of carbonyl (C=O) groups is 1. The van der Waals surface area contributed by atoms with Gasteiger partial charge in [0, 0.05) is 5.92 Å². The van der Waals surface area contributed by atoms with E-state index < -0.39 is 5.92 Å². The number of benzene rings is 1. The summed E-state index contributed by atoms with van der Waals surface area (Å²) in [7, 11) is 0. The summed E-state index contributed by atoms with van der Waals surface area (Å²) in [5.74, 6) is 1.44. The molecular formula is C18H21NO. The minimum Gasteiger partial charge on any atom is -0.298 e. The van der Waals surface area contributed by atoms with Crippen LogP contribution in [0.3, 0.4) is 0 Å². The van der Waals surface area contributed by atoms with Crippen LogP contribution >= 0.6 is 0 Å². The van der Waals surface area contributed by atoms with Crippen LogP contribution in [0.2, 0.25) is 0 Å². The standard InChI is InChI=1S/C18H21NO/c1-11(2)12-6-8-13(9-7-12)16(10-19)18(20)17-14-4-3-5-15(14)17/h6-9,11,14-17H,3-5H2,1-2H3. The number of hydrogen-bond donors (Lipinski definition) is 0. The smallest absolute Gasteiger partial charge is 0.158 e. The lowest BCUT2D eigenvalue weighted by Crippen LogP contribution is -2.15. The number of ketones is 1. The first-order valence-electron chi connectivity index (χ1n) is 7.66. The topological polar surface area (TPSA) is 40.9 Å². The first-order valence-corrected chi connectivity index (χ1v) is 7.66. The van der Waals surface area contributed by atoms with Crippen molar-refractivity contribution in [1.29, 1.82) is 5.26 Å². The van der Waals surface area contributed by atoms with Crippen molar-refractivity contribution < 1.29 is 4.79 Å². The maximum absolute atomic E-state index is 12.5. The van der Waals surface area contributed by atoms with Gasteiger partial charge in [-0.1, -0.05) is 44.5 Å². The Labute approximate surface area is 120 Å². The van der Waals surface area contributed by atoms with Crippen molar-refractivity contribution in [1.82, 2.24) is 0 Å². The van der Waals surface area contributed by atoms with Crippen molar-refractivity contribution in [2.24, 2.45) is 17.8 Å². The third kappa shape index (κ3) is 2.16. The number of nitrogens with zero attached hydrogens (tertiary/aromatic N) is 1. The fraction of sp³-hybridized carbons (Fsp3) is 0.556. The Kier molecular flexibility index (Phi) is 3.38. The van der Waals surface area contributed by atoms with Crippen molar-refractivity contribution in [2.75, 3.05) is 0 Å². The third-order valence-corrected chi connectivity index (χ3v) is 5.09. The molecule has 0 bridgehead atoms. The van der Waals surface area contributed by atoms with E-state index in [9.17, 15) is 10.1 Å². The quantitative estimate of drug-likeness (QED) is 0.826. The van der Waals surface area contributed by atoms with Gasteiger partial charge in [-0.25, -0.2) is 0 Å². The van der Waals surface area contributed by atoms with Gasteiger partial charge in [0.2, 0.25) is 0 Å². The minimum atomic E-state index is -0.563. The Hall–Kier alpha value is -1.62. The number of carbonyl (C=O) groups excluding carboxylic acids is 1. The highest BCUT2D eigenvalue weighted by atomic mass is 16.1. The van der Waals surface area contributed by atoms with Gasteiger partial charge >= 0.3 is 0 Å². The molecule has 0 amide bonds. The molecule has 1 aromatic carbocycles. The Morgan fingerprint density at radius 3 is 2.20 bits per heavy atom. The van der Waals surface area contributed by atoms with Crippen molar-refractivity contribution in [3.63, 3.8) is 0 Å². The van der Waals surface area contributed by atoms with Crippen LogP contribution in [-0.4, -0.2) is 5.78 Å². The lowest BCUT2D eigenvalue weighted by Gasteiger charge is -2.12. The molecule has 0 radical (unpaired) electrons. The second kappa shape index (κ2) is 5.05. The maximum Gasteiger partial charge on any atom is 0.158 e. The molecule has 0 N–H and O–H groups in total. The van der Waals surface area contributed by atoms with Crippen LogP contribution < -0.4 is 0 Å². The molecule has 0 spiro atoms. The van der Waals surface area contributed by atoms with E-state index in [4.69, 9.17) is 0 Å². The van der Waals surface area contributed by atoms with Crippen LogP contribution in [0.4, 0.5) is 0 Å². The number of Topliss-reactive ketones (excluding diaryl/α,β-unsaturated/α-hetero) is 1. The molecule has 2 fully saturated rings. The van der Waals surface area contributed by atoms with Gasteiger partial charge in [0.1, 0.15) is 5.92 Å². The summed E-state index contributed by atoms with van der Waals surface area (Å²) >= 11 is 0. The van der Waals surface area contributed by atoms with E-state index in [1.807, 2.05) is 24.3 Å². The molecule has 3 unspecified atom stereocenters. The highest BCUT2D eigenvalue weighted by Crippen LogP contribution is 2.59. The van der Waals surface area contributed by atoms with E-state index in [-0.39, 0.29) is 11.7 Å². The zero-order valence-electron chi connectivity index (χ0n) is 12.2. The Balaban J connectivity index is 1.76. The second-order valence-electron chi connectivity index (χ2n) is 6.57. The van der Waals surface area contributed by atoms with Gasteiger partial charge < -0.3 is 0 Å². The van der Waals surface area contributed by atoms with Crippen molar-refractivity contribution in [2.45, 2.75) is 44.9 Å². The molecule has 2 aliphatic carbocycles. The van der Waals surface area contributed by atoms with Gasteiger partial charge in [0.05, 0.1) is 6.07 Å². The summed E-state index contributed by atoms with van der Waals surface area (Å²) in [6.07, 6.45) is 3.64. The van der Waals surface area contributed by atoms with Gasteiger partial charge in [0.15, 0.2) is 5.78 Å². The van der Waals surface area contributed by atoms with E-state index in [1.165, 1.54) is 24.8 Å². The van der Waals surface area contributed by atoms with Crippen LogP contribution in [0.15, 0.2) is 24.3 Å². The van der Waals surface area contributed by atoms with Gasteiger partial charge in [-0.2, -0.15) is 5.26 Å². The molecular weight excluding hydrogens is 246 g/mol. The minimum absolute atomic E-state index is 0.166. The zero-order valence-corrected chi connectivity index (χ0v) is 12.2. The van der Waals surface area contributed by atoms with Crippen molar-refractivity contribution in [3.8, 4) is 6.07 Å². The lowest BCUT2D eigenvalue weighted by molar-refractivity contribution is -0.121. The summed E-state index contributed by atoms with van der Waals surface area (Å²) in [5, 5.41) is 9.40. The molecule has 0 saturated heterocycles. The third-order valence-electron chi connectivity index (χ3n) is 5.09. The number of nitriles is 1. The normalized spacial score (nSPS) is 28.8. The Morgan fingerprint density at radius 2 is 1.70 bits per heavy atom. The van der Waals surface area contributed by atoms with Crippen LogP contribution in [0.1, 0.15) is 56.1 Å². The molecule has 3 rings (SSSR count). The van der Waals surface area contributed by atoms with Crippen LogP contribution in [0.5, 0.6) is 0 Å². The van der Waals surface area contributed by atoms with Gasteiger partial charge in [-0.3, -0.25) is 4.79 Å². The summed E-state index contributed by atoms with van der Waals surface area (Å²) < 4.78 is 0. The number of hydrogen-bond acceptors (Lipinski definition) is 2. The largest absolute Gasteiger partial charge is 0.298 e. The SMILES string of the molecule is CC(C)c1ccc(C(C#N)C(=O)C2C3CCCC32)cc1. The number of rotatable bonds is 4. The molecule has 3 atom stereocenters. The molecule has 2 nitrogen and oxygen atoms in total. The van der Waals surface area contributed by atoms with Crippen LogP contribution in [0, 0.1) is 29.1 Å². The van der Waals surface area contributed by atoms with E-state index in [1.54, 1.807) is 0 Å². The predicted molar refractivity (Wildman–Crippen MR) is 78.2 cm³/mol. The molecule has 2 aliphatic rings. The van der Waals surface area contributed by atoms with Gasteiger partial charge in [0.25, 0.3) is 0 Å². The molecule has 0 aromatic heterocycles. The summed E-state index contributed by atoms with van der Waals surface area (Å²) in [4.78, 5) is 12.5. The summed E-state index contributed by atoms with van der Waals surface area (Å²) in [6, 6.07) is 10.2. The van der Waals surface area contributed by atoms with E-state index in [0.29, 0.717) is 17.8 Å². The van der Waals surface area contributed by atoms with Crippen LogP contribution in [-0.2, 0) is 4.79 Å². The zero-order chi connectivity index (χ0) is 14.3. The fourth-order valence-electron chi connectivity index (χ4n) is 3.81. The van der Waals surface area contributed by atoms with Crippen molar-refractivity contribution in [3.05, 3.63) is 35.4 Å². The van der Waals surface area contributed by atoms with E-state index in [0.717, 1.165) is 5.56 Å². The molecule has 20 heavy (non-hydrogen) atoms. The predicted octanol–water partition coefficient (Wildman–Crippen LogP) is 4.03. The van der Waals surface area contributed by atoms with E-state index in [2.05, 4.69) is 19.9 Å². The molecule has 2 saturated carbocycles. The molecule has 104 valence electrons. The Bertz CT molecular complexity index is 542. The van der Waals surface area contributed by atoms with Gasteiger partial charge in [-0.05, 0) is 41.7 Å². The molecule has 2 heteroatoms. The average Bonchev–Trinajstić information content (AvgIpc) is 2.93. The molecule has 0 heterocycles. The monoisotopic (exact) mass is 267 g/mol. The highest BCUT2D eigenvalue weighted by molar-refractivity contribution is 5.93. The summed E-state index contributed by atoms with van der Waals surface area (Å²) in [6.45, 7) is 4.29. The van der Waals surface area contributed by atoms with Gasteiger partial charge in [-0.15, -0.1) is 0 Å². The average molecular weight is 267 g/mol. The number of fused-ring (bicyclic) bond motifs is 1. The molecule has 1 aromatic rings. The Morgan fingerprint density at radius 1 is 1.15 bits per heavy atom. The van der Waals surface area contributed by atoms with Crippen molar-refractivity contribution >= 4 is 5.78 Å². The van der Waals surface area contributed by atoms with E-state index >= 15 is 0 Å². The summed E-state index contributed by atoms with van der Waals surface area (Å²) in [5.41, 5.74) is 2.12. The maximum atomic E-state index is 12.5. The highest BCUT2D eigenvalue weighted by Gasteiger charge is 2.57. The van der Waals surface area contributed by atoms with Crippen LogP contribution in [0.25, 0.3) is 0 Å². The first-order chi connectivity index (χ1) is 9.63. The lowest BCUT2D eigenvalue weighted by atomic mass is 9.89. The second-order valence-corrected chi connectivity index (χ2v) is 6.57. The fourth-order valence-corrected chi connectivity index (χ4v) is 3.81. The molecule has 0 aliphatic heterocycles.